The van der Waals surface area contributed by atoms with E-state index in [0.29, 0.717) is 12.1 Å². The Morgan fingerprint density at radius 2 is 1.89 bits per heavy atom. The van der Waals surface area contributed by atoms with Gasteiger partial charge in [0.1, 0.15) is 5.75 Å². The van der Waals surface area contributed by atoms with Crippen LogP contribution < -0.4 is 15.4 Å². The van der Waals surface area contributed by atoms with Crippen molar-refractivity contribution in [1.82, 2.24) is 0 Å². The second kappa shape index (κ2) is 5.41. The van der Waals surface area contributed by atoms with Gasteiger partial charge in [-0.05, 0) is 62.8 Å². The third-order valence-electron chi connectivity index (χ3n) is 4.61. The molecule has 3 heteroatoms. The first-order valence-electron chi connectivity index (χ1n) is 7.10. The van der Waals surface area contributed by atoms with Gasteiger partial charge in [-0.3, -0.25) is 0 Å². The summed E-state index contributed by atoms with van der Waals surface area (Å²) >= 11 is 0. The maximum atomic E-state index is 6.25. The molecule has 0 aromatic heterocycles. The largest absolute Gasteiger partial charge is 0.496 e. The lowest BCUT2D eigenvalue weighted by atomic mass is 9.99. The normalized spacial score (nSPS) is 22.6. The van der Waals surface area contributed by atoms with Gasteiger partial charge in [0.2, 0.25) is 0 Å². The van der Waals surface area contributed by atoms with Crippen LogP contribution in [0, 0.1) is 20.8 Å². The Balaban J connectivity index is 2.42. The van der Waals surface area contributed by atoms with Crippen molar-refractivity contribution in [3.05, 3.63) is 22.8 Å². The Morgan fingerprint density at radius 3 is 2.42 bits per heavy atom. The number of benzene rings is 1. The second-order valence-corrected chi connectivity index (χ2v) is 5.77. The summed E-state index contributed by atoms with van der Waals surface area (Å²) in [7, 11) is 3.91. The van der Waals surface area contributed by atoms with Crippen molar-refractivity contribution < 1.29 is 4.74 Å². The average molecular weight is 262 g/mol. The highest BCUT2D eigenvalue weighted by Crippen LogP contribution is 2.36. The van der Waals surface area contributed by atoms with Crippen molar-refractivity contribution in [3.63, 3.8) is 0 Å². The Morgan fingerprint density at radius 1 is 1.21 bits per heavy atom. The van der Waals surface area contributed by atoms with Gasteiger partial charge in [-0.15, -0.1) is 0 Å². The number of rotatable bonds is 3. The zero-order valence-electron chi connectivity index (χ0n) is 12.8. The molecule has 2 unspecified atom stereocenters. The summed E-state index contributed by atoms with van der Waals surface area (Å²) in [5, 5.41) is 0. The predicted molar refractivity (Wildman–Crippen MR) is 81.2 cm³/mol. The Bertz CT molecular complexity index is 470. The number of likely N-dealkylation sites (N-methyl/N-ethyl adjacent to an activating group) is 1. The molecule has 106 valence electrons. The molecule has 0 heterocycles. The number of ether oxygens (including phenoxy) is 1. The average Bonchev–Trinajstić information content (AvgIpc) is 2.80. The molecule has 1 aromatic carbocycles. The van der Waals surface area contributed by atoms with Crippen LogP contribution >= 0.6 is 0 Å². The molecule has 1 fully saturated rings. The quantitative estimate of drug-likeness (QED) is 0.910. The van der Waals surface area contributed by atoms with Gasteiger partial charge in [0.15, 0.2) is 0 Å². The molecule has 2 N–H and O–H groups in total. The van der Waals surface area contributed by atoms with Gasteiger partial charge in [0.05, 0.1) is 7.11 Å². The van der Waals surface area contributed by atoms with E-state index in [-0.39, 0.29) is 0 Å². The molecule has 0 saturated heterocycles. The monoisotopic (exact) mass is 262 g/mol. The van der Waals surface area contributed by atoms with Crippen LogP contribution in [0.15, 0.2) is 6.07 Å². The fraction of sp³-hybridized carbons (Fsp3) is 0.625. The molecule has 0 amide bonds. The van der Waals surface area contributed by atoms with E-state index in [1.807, 2.05) is 0 Å². The summed E-state index contributed by atoms with van der Waals surface area (Å²) in [5.74, 6) is 0.975. The maximum Gasteiger partial charge on any atom is 0.122 e. The van der Waals surface area contributed by atoms with Crippen LogP contribution in [0.1, 0.15) is 36.0 Å². The van der Waals surface area contributed by atoms with Crippen LogP contribution in [0.2, 0.25) is 0 Å². The lowest BCUT2D eigenvalue weighted by molar-refractivity contribution is 0.411. The molecule has 3 nitrogen and oxygen atoms in total. The molecule has 1 aromatic rings. The SMILES string of the molecule is COc1cc(C)c(N(C)C2CCCC2N)c(C)c1C. The first kappa shape index (κ1) is 14.2. The minimum Gasteiger partial charge on any atom is -0.496 e. The summed E-state index contributed by atoms with van der Waals surface area (Å²) < 4.78 is 5.44. The summed E-state index contributed by atoms with van der Waals surface area (Å²) in [6.45, 7) is 6.46. The van der Waals surface area contributed by atoms with Crippen LogP contribution in [-0.2, 0) is 0 Å². The van der Waals surface area contributed by atoms with Gasteiger partial charge in [-0.1, -0.05) is 0 Å². The van der Waals surface area contributed by atoms with E-state index >= 15 is 0 Å². The summed E-state index contributed by atoms with van der Waals surface area (Å²) in [6.07, 6.45) is 3.58. The molecule has 0 spiro atoms. The number of nitrogens with zero attached hydrogens (tertiary/aromatic N) is 1. The van der Waals surface area contributed by atoms with E-state index < -0.39 is 0 Å². The molecule has 1 saturated carbocycles. The fourth-order valence-corrected chi connectivity index (χ4v) is 3.40. The third-order valence-corrected chi connectivity index (χ3v) is 4.61. The smallest absolute Gasteiger partial charge is 0.122 e. The Kier molecular flexibility index (Phi) is 4.04. The van der Waals surface area contributed by atoms with E-state index in [9.17, 15) is 0 Å². The molecule has 2 rings (SSSR count). The lowest BCUT2D eigenvalue weighted by Crippen LogP contribution is -2.43. The van der Waals surface area contributed by atoms with Crippen molar-refractivity contribution in [1.29, 1.82) is 0 Å². The molecule has 0 aliphatic heterocycles. The first-order chi connectivity index (χ1) is 8.97. The minimum absolute atomic E-state index is 0.297. The molecule has 0 radical (unpaired) electrons. The van der Waals surface area contributed by atoms with Crippen molar-refractivity contribution in [2.24, 2.45) is 5.73 Å². The van der Waals surface area contributed by atoms with Crippen LogP contribution in [0.3, 0.4) is 0 Å². The molecule has 1 aliphatic rings. The maximum absolute atomic E-state index is 6.25. The molecular formula is C16H26N2O. The van der Waals surface area contributed by atoms with Gasteiger partial charge in [0, 0.05) is 24.8 Å². The standard InChI is InChI=1S/C16H26N2O/c1-10-9-15(19-5)11(2)12(3)16(10)18(4)14-8-6-7-13(14)17/h9,13-14H,6-8,17H2,1-5H3. The van der Waals surface area contributed by atoms with Gasteiger partial charge in [-0.25, -0.2) is 0 Å². The summed E-state index contributed by atoms with van der Waals surface area (Å²) in [4.78, 5) is 2.38. The fourth-order valence-electron chi connectivity index (χ4n) is 3.40. The van der Waals surface area contributed by atoms with Gasteiger partial charge < -0.3 is 15.4 Å². The zero-order chi connectivity index (χ0) is 14.2. The summed E-state index contributed by atoms with van der Waals surface area (Å²) in [6, 6.07) is 2.89. The third kappa shape index (κ3) is 2.44. The van der Waals surface area contributed by atoms with Gasteiger partial charge in [-0.2, -0.15) is 0 Å². The highest BCUT2D eigenvalue weighted by molar-refractivity contribution is 5.65. The molecule has 2 atom stereocenters. The van der Waals surface area contributed by atoms with Crippen molar-refractivity contribution in [2.45, 2.75) is 52.1 Å². The van der Waals surface area contributed by atoms with E-state index in [2.05, 4.69) is 38.8 Å². The number of hydrogen-bond acceptors (Lipinski definition) is 3. The Labute approximate surface area is 116 Å². The highest BCUT2D eigenvalue weighted by atomic mass is 16.5. The highest BCUT2D eigenvalue weighted by Gasteiger charge is 2.29. The molecule has 1 aliphatic carbocycles. The minimum atomic E-state index is 0.297. The van der Waals surface area contributed by atoms with E-state index in [1.54, 1.807) is 7.11 Å². The second-order valence-electron chi connectivity index (χ2n) is 5.77. The number of anilines is 1. The zero-order valence-corrected chi connectivity index (χ0v) is 12.8. The van der Waals surface area contributed by atoms with Gasteiger partial charge >= 0.3 is 0 Å². The van der Waals surface area contributed by atoms with E-state index in [0.717, 1.165) is 12.2 Å². The van der Waals surface area contributed by atoms with Crippen LogP contribution in [0.25, 0.3) is 0 Å². The summed E-state index contributed by atoms with van der Waals surface area (Å²) in [5.41, 5.74) is 11.4. The number of hydrogen-bond donors (Lipinski definition) is 1. The lowest BCUT2D eigenvalue weighted by Gasteiger charge is -2.33. The van der Waals surface area contributed by atoms with Crippen LogP contribution in [-0.4, -0.2) is 26.2 Å². The van der Waals surface area contributed by atoms with Crippen LogP contribution in [0.5, 0.6) is 5.75 Å². The number of aryl methyl sites for hydroxylation is 1. The predicted octanol–water partition coefficient (Wildman–Crippen LogP) is 2.94. The van der Waals surface area contributed by atoms with E-state index in [1.165, 1.54) is 35.2 Å². The van der Waals surface area contributed by atoms with Crippen molar-refractivity contribution >= 4 is 5.69 Å². The van der Waals surface area contributed by atoms with Crippen molar-refractivity contribution in [2.75, 3.05) is 19.1 Å². The van der Waals surface area contributed by atoms with Gasteiger partial charge in [0.25, 0.3) is 0 Å². The molecule has 0 bridgehead atoms. The number of nitrogens with two attached hydrogens (primary N) is 1. The van der Waals surface area contributed by atoms with E-state index in [4.69, 9.17) is 10.5 Å². The topological polar surface area (TPSA) is 38.5 Å². The van der Waals surface area contributed by atoms with Crippen molar-refractivity contribution in [3.8, 4) is 5.75 Å². The molecular weight excluding hydrogens is 236 g/mol. The number of methoxy groups -OCH3 is 1. The first-order valence-corrected chi connectivity index (χ1v) is 7.10. The molecule has 19 heavy (non-hydrogen) atoms. The van der Waals surface area contributed by atoms with Crippen LogP contribution in [0.4, 0.5) is 5.69 Å². The Hall–Kier alpha value is -1.22.